The van der Waals surface area contributed by atoms with Crippen LogP contribution in [0.4, 0.5) is 0 Å². The molecule has 2 aliphatic rings. The van der Waals surface area contributed by atoms with Crippen LogP contribution in [0.1, 0.15) is 25.3 Å². The zero-order valence-electron chi connectivity index (χ0n) is 11.6. The smallest absolute Gasteiger partial charge is 0.0541 e. The first-order valence-electron chi connectivity index (χ1n) is 7.37. The number of piperidine rings is 1. The zero-order valence-corrected chi connectivity index (χ0v) is 12.4. The monoisotopic (exact) mass is 277 g/mol. The van der Waals surface area contributed by atoms with Gasteiger partial charge in [0, 0.05) is 16.7 Å². The van der Waals surface area contributed by atoms with Crippen LogP contribution in [-0.4, -0.2) is 41.0 Å². The average Bonchev–Trinajstić information content (AvgIpc) is 2.81. The Bertz CT molecular complexity index is 402. The highest BCUT2D eigenvalue weighted by Crippen LogP contribution is 2.37. The molecule has 19 heavy (non-hydrogen) atoms. The van der Waals surface area contributed by atoms with Crippen LogP contribution in [0.5, 0.6) is 0 Å². The van der Waals surface area contributed by atoms with Crippen molar-refractivity contribution in [3.05, 3.63) is 29.8 Å². The summed E-state index contributed by atoms with van der Waals surface area (Å²) in [5.41, 5.74) is 1.52. The highest BCUT2D eigenvalue weighted by atomic mass is 32.2. The van der Waals surface area contributed by atoms with Crippen LogP contribution in [0.25, 0.3) is 0 Å². The predicted octanol–water partition coefficient (Wildman–Crippen LogP) is 2.80. The van der Waals surface area contributed by atoms with Crippen LogP contribution in [0.15, 0.2) is 29.2 Å². The summed E-state index contributed by atoms with van der Waals surface area (Å²) < 4.78 is 0. The number of aliphatic hydroxyl groups excluding tert-OH is 1. The molecule has 2 atom stereocenters. The van der Waals surface area contributed by atoms with Gasteiger partial charge in [-0.3, -0.25) is 0 Å². The molecule has 3 rings (SSSR count). The Morgan fingerprint density at radius 2 is 2.05 bits per heavy atom. The number of thioether (sulfide) groups is 1. The van der Waals surface area contributed by atoms with Gasteiger partial charge in [-0.05, 0) is 56.8 Å². The molecule has 1 N–H and O–H groups in total. The number of aliphatic hydroxyl groups is 1. The van der Waals surface area contributed by atoms with E-state index in [1.54, 1.807) is 0 Å². The number of hydrogen-bond acceptors (Lipinski definition) is 3. The molecular formula is C16H23NOS. The highest BCUT2D eigenvalue weighted by molar-refractivity contribution is 8.00. The Morgan fingerprint density at radius 3 is 2.74 bits per heavy atom. The molecule has 2 nitrogen and oxygen atoms in total. The van der Waals surface area contributed by atoms with Crippen molar-refractivity contribution in [1.29, 1.82) is 0 Å². The van der Waals surface area contributed by atoms with E-state index in [0.29, 0.717) is 5.92 Å². The summed E-state index contributed by atoms with van der Waals surface area (Å²) in [6.45, 7) is 5.45. The standard InChI is InChI=1S/C16H23NOS/c1-12(18)13-6-8-17(9-7-13)11-15-10-14-4-2-3-5-16(14)19-15/h2-5,12-13,15,18H,6-11H2,1H3. The second kappa shape index (κ2) is 5.86. The van der Waals surface area contributed by atoms with E-state index >= 15 is 0 Å². The van der Waals surface area contributed by atoms with Crippen molar-refractivity contribution in [2.24, 2.45) is 5.92 Å². The van der Waals surface area contributed by atoms with Crippen molar-refractivity contribution < 1.29 is 5.11 Å². The first-order chi connectivity index (χ1) is 9.22. The van der Waals surface area contributed by atoms with E-state index in [2.05, 4.69) is 29.2 Å². The topological polar surface area (TPSA) is 23.5 Å². The lowest BCUT2D eigenvalue weighted by Crippen LogP contribution is -2.40. The third-order valence-electron chi connectivity index (χ3n) is 4.49. The summed E-state index contributed by atoms with van der Waals surface area (Å²) in [6.07, 6.45) is 3.40. The van der Waals surface area contributed by atoms with E-state index in [1.165, 1.54) is 23.4 Å². The fraction of sp³-hybridized carbons (Fsp3) is 0.625. The summed E-state index contributed by atoms with van der Waals surface area (Å²) in [7, 11) is 0. The molecule has 2 heterocycles. The third kappa shape index (κ3) is 3.15. The number of likely N-dealkylation sites (tertiary alicyclic amines) is 1. The number of fused-ring (bicyclic) bond motifs is 1. The molecule has 0 bridgehead atoms. The van der Waals surface area contributed by atoms with Crippen molar-refractivity contribution in [3.63, 3.8) is 0 Å². The molecule has 0 aromatic heterocycles. The van der Waals surface area contributed by atoms with E-state index < -0.39 is 0 Å². The quantitative estimate of drug-likeness (QED) is 0.919. The molecule has 2 unspecified atom stereocenters. The van der Waals surface area contributed by atoms with Gasteiger partial charge in [0.25, 0.3) is 0 Å². The van der Waals surface area contributed by atoms with Crippen LogP contribution in [0.2, 0.25) is 0 Å². The number of benzene rings is 1. The van der Waals surface area contributed by atoms with Crippen molar-refractivity contribution in [2.45, 2.75) is 42.4 Å². The molecule has 3 heteroatoms. The second-order valence-corrected chi connectivity index (χ2v) is 7.27. The lowest BCUT2D eigenvalue weighted by atomic mass is 9.92. The van der Waals surface area contributed by atoms with Crippen LogP contribution in [0.3, 0.4) is 0 Å². The number of rotatable bonds is 3. The molecule has 1 fully saturated rings. The molecule has 0 aliphatic carbocycles. The third-order valence-corrected chi connectivity index (χ3v) is 5.79. The largest absolute Gasteiger partial charge is 0.393 e. The summed E-state index contributed by atoms with van der Waals surface area (Å²) in [5, 5.41) is 10.4. The molecule has 1 saturated heterocycles. The van der Waals surface area contributed by atoms with Crippen molar-refractivity contribution in [2.75, 3.05) is 19.6 Å². The van der Waals surface area contributed by atoms with Gasteiger partial charge < -0.3 is 10.0 Å². The van der Waals surface area contributed by atoms with Crippen molar-refractivity contribution in [1.82, 2.24) is 4.90 Å². The Kier molecular flexibility index (Phi) is 4.15. The minimum absolute atomic E-state index is 0.132. The first-order valence-corrected chi connectivity index (χ1v) is 8.25. The lowest BCUT2D eigenvalue weighted by molar-refractivity contribution is 0.0721. The summed E-state index contributed by atoms with van der Waals surface area (Å²) >= 11 is 2.05. The molecule has 0 spiro atoms. The first kappa shape index (κ1) is 13.5. The maximum atomic E-state index is 9.64. The lowest BCUT2D eigenvalue weighted by Gasteiger charge is -2.34. The maximum absolute atomic E-state index is 9.64. The Labute approximate surface area is 120 Å². The van der Waals surface area contributed by atoms with Gasteiger partial charge >= 0.3 is 0 Å². The van der Waals surface area contributed by atoms with Crippen molar-refractivity contribution in [3.8, 4) is 0 Å². The normalized spacial score (nSPS) is 26.3. The van der Waals surface area contributed by atoms with E-state index in [-0.39, 0.29) is 6.10 Å². The van der Waals surface area contributed by atoms with Gasteiger partial charge in [-0.15, -0.1) is 11.8 Å². The molecule has 0 radical (unpaired) electrons. The van der Waals surface area contributed by atoms with Crippen LogP contribution >= 0.6 is 11.8 Å². The molecule has 2 aliphatic heterocycles. The van der Waals surface area contributed by atoms with Gasteiger partial charge in [0.05, 0.1) is 6.10 Å². The van der Waals surface area contributed by atoms with Gasteiger partial charge in [0.1, 0.15) is 0 Å². The van der Waals surface area contributed by atoms with Gasteiger partial charge in [0.15, 0.2) is 0 Å². The minimum Gasteiger partial charge on any atom is -0.393 e. The Morgan fingerprint density at radius 1 is 1.32 bits per heavy atom. The van der Waals surface area contributed by atoms with Gasteiger partial charge in [0.2, 0.25) is 0 Å². The van der Waals surface area contributed by atoms with E-state index in [4.69, 9.17) is 0 Å². The van der Waals surface area contributed by atoms with Crippen molar-refractivity contribution >= 4 is 11.8 Å². The molecule has 1 aromatic rings. The second-order valence-electron chi connectivity index (χ2n) is 5.93. The molecule has 0 saturated carbocycles. The molecule has 104 valence electrons. The summed E-state index contributed by atoms with van der Waals surface area (Å²) in [6, 6.07) is 8.81. The predicted molar refractivity (Wildman–Crippen MR) is 80.6 cm³/mol. The zero-order chi connectivity index (χ0) is 13.2. The SMILES string of the molecule is CC(O)C1CCN(CC2Cc3ccccc3S2)CC1. The van der Waals surface area contributed by atoms with Gasteiger partial charge in [-0.2, -0.15) is 0 Å². The Balaban J connectivity index is 1.50. The molecule has 0 amide bonds. The van der Waals surface area contributed by atoms with Crippen LogP contribution in [-0.2, 0) is 6.42 Å². The molecule has 1 aromatic carbocycles. The summed E-state index contributed by atoms with van der Waals surface area (Å²) in [4.78, 5) is 4.06. The van der Waals surface area contributed by atoms with Crippen LogP contribution in [0, 0.1) is 5.92 Å². The average molecular weight is 277 g/mol. The number of nitrogens with zero attached hydrogens (tertiary/aromatic N) is 1. The fourth-order valence-electron chi connectivity index (χ4n) is 3.26. The Hall–Kier alpha value is -0.510. The minimum atomic E-state index is -0.132. The fourth-order valence-corrected chi connectivity index (χ4v) is 4.63. The maximum Gasteiger partial charge on any atom is 0.0541 e. The van der Waals surface area contributed by atoms with E-state index in [1.807, 2.05) is 18.7 Å². The summed E-state index contributed by atoms with van der Waals surface area (Å²) in [5.74, 6) is 0.518. The van der Waals surface area contributed by atoms with Crippen LogP contribution < -0.4 is 0 Å². The molecular weight excluding hydrogens is 254 g/mol. The number of hydrogen-bond donors (Lipinski definition) is 1. The van der Waals surface area contributed by atoms with E-state index in [0.717, 1.165) is 31.2 Å². The van der Waals surface area contributed by atoms with E-state index in [9.17, 15) is 5.11 Å². The van der Waals surface area contributed by atoms with Gasteiger partial charge in [-0.1, -0.05) is 18.2 Å². The van der Waals surface area contributed by atoms with Gasteiger partial charge in [-0.25, -0.2) is 0 Å². The highest BCUT2D eigenvalue weighted by Gasteiger charge is 2.27.